The van der Waals surface area contributed by atoms with Gasteiger partial charge in [-0.2, -0.15) is 0 Å². The van der Waals surface area contributed by atoms with Gasteiger partial charge >= 0.3 is 5.97 Å². The van der Waals surface area contributed by atoms with E-state index in [0.29, 0.717) is 17.6 Å². The molecule has 0 N–H and O–H groups in total. The molecular weight excluding hydrogens is 432 g/mol. The van der Waals surface area contributed by atoms with Gasteiger partial charge < -0.3 is 18.8 Å². The van der Waals surface area contributed by atoms with Gasteiger partial charge in [0, 0.05) is 24.3 Å². The Kier molecular flexibility index (Phi) is 6.66. The predicted molar refractivity (Wildman–Crippen MR) is 117 cm³/mol. The molecule has 1 saturated heterocycles. The third-order valence-electron chi connectivity index (χ3n) is 5.21. The minimum atomic E-state index is -0.711. The number of halogens is 2. The number of nitrogens with zero attached hydrogens (tertiary/aromatic N) is 3. The van der Waals surface area contributed by atoms with Gasteiger partial charge in [0.2, 0.25) is 5.69 Å². The van der Waals surface area contributed by atoms with E-state index in [-0.39, 0.29) is 35.6 Å². The Bertz CT molecular complexity index is 1260. The van der Waals surface area contributed by atoms with Crippen LogP contribution in [0.3, 0.4) is 0 Å². The van der Waals surface area contributed by atoms with E-state index in [9.17, 15) is 9.18 Å². The Morgan fingerprint density at radius 2 is 2.18 bits per heavy atom. The Morgan fingerprint density at radius 3 is 2.91 bits per heavy atom. The van der Waals surface area contributed by atoms with E-state index >= 15 is 4.39 Å². The van der Waals surface area contributed by atoms with Crippen molar-refractivity contribution in [3.05, 3.63) is 65.3 Å². The first kappa shape index (κ1) is 22.4. The van der Waals surface area contributed by atoms with E-state index in [1.165, 1.54) is 24.3 Å². The summed E-state index contributed by atoms with van der Waals surface area (Å²) >= 11 is 0. The summed E-state index contributed by atoms with van der Waals surface area (Å²) in [6, 6.07) is 4.83. The van der Waals surface area contributed by atoms with Crippen LogP contribution in [0.25, 0.3) is 22.0 Å². The van der Waals surface area contributed by atoms with Crippen LogP contribution < -0.4 is 4.74 Å². The number of imidazole rings is 1. The van der Waals surface area contributed by atoms with Crippen LogP contribution in [0.15, 0.2) is 36.7 Å². The van der Waals surface area contributed by atoms with Crippen molar-refractivity contribution in [2.75, 3.05) is 13.2 Å². The molecule has 33 heavy (non-hydrogen) atoms. The van der Waals surface area contributed by atoms with Gasteiger partial charge in [0.1, 0.15) is 17.8 Å². The van der Waals surface area contributed by atoms with Crippen LogP contribution >= 0.6 is 0 Å². The Labute approximate surface area is 189 Å². The third-order valence-corrected chi connectivity index (χ3v) is 5.21. The molecule has 1 fully saturated rings. The molecule has 1 atom stereocenters. The summed E-state index contributed by atoms with van der Waals surface area (Å²) in [6.45, 7) is 9.55. The van der Waals surface area contributed by atoms with E-state index in [1.54, 1.807) is 17.8 Å². The normalized spacial score (nSPS) is 16.1. The summed E-state index contributed by atoms with van der Waals surface area (Å²) in [5, 5.41) is 0. The lowest BCUT2D eigenvalue weighted by Crippen LogP contribution is -2.17. The highest BCUT2D eigenvalue weighted by atomic mass is 19.1. The molecule has 0 aliphatic carbocycles. The molecule has 9 heteroatoms. The van der Waals surface area contributed by atoms with Gasteiger partial charge in [-0.25, -0.2) is 23.4 Å². The van der Waals surface area contributed by atoms with E-state index < -0.39 is 17.6 Å². The van der Waals surface area contributed by atoms with Crippen molar-refractivity contribution >= 4 is 28.8 Å². The van der Waals surface area contributed by atoms with Crippen LogP contribution in [0.2, 0.25) is 0 Å². The summed E-state index contributed by atoms with van der Waals surface area (Å²) in [6.07, 6.45) is 6.56. The fraction of sp³-hybridized carbons (Fsp3) is 0.292. The maximum Gasteiger partial charge on any atom is 0.330 e. The average molecular weight is 453 g/mol. The number of hydrogen-bond donors (Lipinski definition) is 0. The number of carbonyl (C=O) groups is 1. The van der Waals surface area contributed by atoms with Gasteiger partial charge in [-0.05, 0) is 50.5 Å². The number of aromatic nitrogens is 2. The Morgan fingerprint density at radius 1 is 1.33 bits per heavy atom. The first-order valence-corrected chi connectivity index (χ1v) is 10.5. The van der Waals surface area contributed by atoms with E-state index in [1.807, 2.05) is 0 Å². The fourth-order valence-corrected chi connectivity index (χ4v) is 3.67. The number of ether oxygens (including phenoxy) is 3. The molecule has 0 bridgehead atoms. The van der Waals surface area contributed by atoms with Crippen LogP contribution in [0.1, 0.15) is 38.0 Å². The predicted octanol–water partition coefficient (Wildman–Crippen LogP) is 5.93. The average Bonchev–Trinajstić information content (AvgIpc) is 3.24. The van der Waals surface area contributed by atoms with E-state index in [2.05, 4.69) is 9.83 Å². The highest BCUT2D eigenvalue weighted by Crippen LogP contribution is 2.38. The van der Waals surface area contributed by atoms with Crippen molar-refractivity contribution in [1.82, 2.24) is 9.55 Å². The monoisotopic (exact) mass is 453 g/mol. The highest BCUT2D eigenvalue weighted by Gasteiger charge is 2.23. The second-order valence-corrected chi connectivity index (χ2v) is 7.35. The van der Waals surface area contributed by atoms with Crippen LogP contribution in [0.4, 0.5) is 14.5 Å². The smallest absolute Gasteiger partial charge is 0.330 e. The van der Waals surface area contributed by atoms with Crippen LogP contribution in [0.5, 0.6) is 11.5 Å². The first-order valence-electron chi connectivity index (χ1n) is 10.5. The standard InChI is InChI=1S/C24H21F2N3O4/c1-3-31-22(30)10-8-16-23-20(29(14-28-23)21-6-4-5-11-32-21)13-18(26)24(16)33-15-7-9-17(25)19(12-15)27-2/h7-10,12-14,21H,3-6,11H2,1H3/b10-8+. The van der Waals surface area contributed by atoms with Gasteiger partial charge in [-0.3, -0.25) is 0 Å². The van der Waals surface area contributed by atoms with Crippen LogP contribution in [-0.2, 0) is 14.3 Å². The highest BCUT2D eigenvalue weighted by molar-refractivity contribution is 5.94. The number of rotatable bonds is 6. The maximum atomic E-state index is 15.3. The Balaban J connectivity index is 1.82. The molecule has 1 aliphatic heterocycles. The summed E-state index contributed by atoms with van der Waals surface area (Å²) in [4.78, 5) is 19.4. The summed E-state index contributed by atoms with van der Waals surface area (Å²) < 4.78 is 47.3. The lowest BCUT2D eigenvalue weighted by Gasteiger charge is -2.24. The van der Waals surface area contributed by atoms with Gasteiger partial charge in [0.05, 0.1) is 30.5 Å². The lowest BCUT2D eigenvalue weighted by atomic mass is 10.1. The lowest BCUT2D eigenvalue weighted by molar-refractivity contribution is -0.137. The third kappa shape index (κ3) is 4.71. The van der Waals surface area contributed by atoms with Crippen molar-refractivity contribution in [1.29, 1.82) is 0 Å². The zero-order valence-corrected chi connectivity index (χ0v) is 17.9. The van der Waals surface area contributed by atoms with Crippen molar-refractivity contribution in [3.63, 3.8) is 0 Å². The van der Waals surface area contributed by atoms with Gasteiger partial charge in [0.25, 0.3) is 0 Å². The van der Waals surface area contributed by atoms with Crippen molar-refractivity contribution in [2.24, 2.45) is 0 Å². The van der Waals surface area contributed by atoms with Crippen molar-refractivity contribution < 1.29 is 27.8 Å². The SMILES string of the molecule is [C-]#[N+]c1cc(Oc2c(F)cc3c(ncn3C3CCCCO3)c2/C=C/C(=O)OCC)ccc1F. The second-order valence-electron chi connectivity index (χ2n) is 7.35. The molecule has 2 heterocycles. The largest absolute Gasteiger partial charge is 0.463 e. The zero-order valence-electron chi connectivity index (χ0n) is 17.9. The summed E-state index contributed by atoms with van der Waals surface area (Å²) in [5.74, 6) is -2.16. The van der Waals surface area contributed by atoms with E-state index in [0.717, 1.165) is 31.4 Å². The zero-order chi connectivity index (χ0) is 23.4. The molecule has 0 amide bonds. The molecule has 0 radical (unpaired) electrons. The van der Waals surface area contributed by atoms with Gasteiger partial charge in [-0.1, -0.05) is 0 Å². The summed E-state index contributed by atoms with van der Waals surface area (Å²) in [5.41, 5.74) is 0.836. The molecule has 0 spiro atoms. The number of fused-ring (bicyclic) bond motifs is 1. The van der Waals surface area contributed by atoms with Crippen LogP contribution in [-0.4, -0.2) is 28.7 Å². The summed E-state index contributed by atoms with van der Waals surface area (Å²) in [7, 11) is 0. The molecule has 0 saturated carbocycles. The second kappa shape index (κ2) is 9.79. The topological polar surface area (TPSA) is 66.9 Å². The molecule has 2 aromatic carbocycles. The van der Waals surface area contributed by atoms with E-state index in [4.69, 9.17) is 20.8 Å². The number of benzene rings is 2. The number of hydrogen-bond acceptors (Lipinski definition) is 5. The van der Waals surface area contributed by atoms with Gasteiger partial charge in [-0.15, -0.1) is 0 Å². The van der Waals surface area contributed by atoms with Crippen molar-refractivity contribution in [2.45, 2.75) is 32.4 Å². The molecule has 170 valence electrons. The quantitative estimate of drug-likeness (QED) is 0.263. The van der Waals surface area contributed by atoms with Gasteiger partial charge in [0.15, 0.2) is 11.6 Å². The number of carbonyl (C=O) groups excluding carboxylic acids is 1. The molecule has 3 aromatic rings. The minimum Gasteiger partial charge on any atom is -0.463 e. The molecule has 4 rings (SSSR count). The molecule has 1 aromatic heterocycles. The molecule has 7 nitrogen and oxygen atoms in total. The maximum absolute atomic E-state index is 15.3. The first-order chi connectivity index (χ1) is 16.0. The van der Waals surface area contributed by atoms with Crippen LogP contribution in [0, 0.1) is 18.2 Å². The molecule has 1 unspecified atom stereocenters. The molecular formula is C24H21F2N3O4. The number of esters is 1. The Hall–Kier alpha value is -3.77. The minimum absolute atomic E-state index is 0.0708. The molecule has 1 aliphatic rings. The fourth-order valence-electron chi connectivity index (χ4n) is 3.67. The van der Waals surface area contributed by atoms with Crippen molar-refractivity contribution in [3.8, 4) is 11.5 Å².